The van der Waals surface area contributed by atoms with Gasteiger partial charge in [-0.2, -0.15) is 5.26 Å². The fraction of sp³-hybridized carbons (Fsp3) is 0.462. The summed E-state index contributed by atoms with van der Waals surface area (Å²) < 4.78 is 5.09. The second-order valence-corrected chi connectivity index (χ2v) is 4.16. The van der Waals surface area contributed by atoms with Crippen molar-refractivity contribution in [3.05, 3.63) is 23.8 Å². The van der Waals surface area contributed by atoms with Crippen molar-refractivity contribution in [1.82, 2.24) is 0 Å². The van der Waals surface area contributed by atoms with Gasteiger partial charge in [0.1, 0.15) is 6.07 Å². The third kappa shape index (κ3) is 3.36. The molecular weight excluding hydrogens is 214 g/mol. The van der Waals surface area contributed by atoms with E-state index in [4.69, 9.17) is 15.7 Å². The first-order valence-corrected chi connectivity index (χ1v) is 5.65. The van der Waals surface area contributed by atoms with Crippen LogP contribution in [0.1, 0.15) is 19.4 Å². The SMILES string of the molecule is COCCN(c1ccc(N)c(C#N)c1)C(C)C. The number of benzene rings is 1. The fourth-order valence-corrected chi connectivity index (χ4v) is 1.69. The molecule has 17 heavy (non-hydrogen) atoms. The summed E-state index contributed by atoms with van der Waals surface area (Å²) in [5.74, 6) is 0. The minimum atomic E-state index is 0.348. The van der Waals surface area contributed by atoms with Gasteiger partial charge in [0.15, 0.2) is 0 Å². The predicted octanol–water partition coefficient (Wildman–Crippen LogP) is 2.00. The molecule has 0 amide bonds. The average Bonchev–Trinajstić information content (AvgIpc) is 2.31. The van der Waals surface area contributed by atoms with Crippen LogP contribution in [-0.4, -0.2) is 26.3 Å². The van der Waals surface area contributed by atoms with E-state index in [1.165, 1.54) is 0 Å². The van der Waals surface area contributed by atoms with E-state index in [1.807, 2.05) is 12.1 Å². The van der Waals surface area contributed by atoms with E-state index in [2.05, 4.69) is 24.8 Å². The number of hydrogen-bond donors (Lipinski definition) is 1. The molecule has 0 aliphatic rings. The molecule has 0 saturated heterocycles. The molecule has 0 spiro atoms. The monoisotopic (exact) mass is 233 g/mol. The van der Waals surface area contributed by atoms with Gasteiger partial charge in [0.2, 0.25) is 0 Å². The molecule has 0 saturated carbocycles. The van der Waals surface area contributed by atoms with Crippen molar-refractivity contribution in [1.29, 1.82) is 5.26 Å². The molecule has 1 aromatic rings. The molecule has 0 fully saturated rings. The minimum absolute atomic E-state index is 0.348. The van der Waals surface area contributed by atoms with Gasteiger partial charge in [0.25, 0.3) is 0 Å². The molecule has 0 radical (unpaired) electrons. The Morgan fingerprint density at radius 2 is 2.18 bits per heavy atom. The molecule has 0 atom stereocenters. The molecule has 1 aromatic carbocycles. The quantitative estimate of drug-likeness (QED) is 0.790. The van der Waals surface area contributed by atoms with Crippen LogP contribution in [0.3, 0.4) is 0 Å². The van der Waals surface area contributed by atoms with Crippen molar-refractivity contribution >= 4 is 11.4 Å². The van der Waals surface area contributed by atoms with Crippen molar-refractivity contribution in [2.45, 2.75) is 19.9 Å². The van der Waals surface area contributed by atoms with E-state index in [0.717, 1.165) is 12.2 Å². The van der Waals surface area contributed by atoms with Crippen LogP contribution in [0.4, 0.5) is 11.4 Å². The number of ether oxygens (including phenoxy) is 1. The molecule has 0 aromatic heterocycles. The van der Waals surface area contributed by atoms with Crippen LogP contribution in [-0.2, 0) is 4.74 Å². The summed E-state index contributed by atoms with van der Waals surface area (Å²) in [5, 5.41) is 8.97. The smallest absolute Gasteiger partial charge is 0.101 e. The standard InChI is InChI=1S/C13H19N3O/c1-10(2)16(6-7-17-3)12-4-5-13(15)11(8-12)9-14/h4-5,8,10H,6-7,15H2,1-3H3. The Labute approximate surface area is 103 Å². The van der Waals surface area contributed by atoms with E-state index in [9.17, 15) is 0 Å². The number of anilines is 2. The zero-order valence-electron chi connectivity index (χ0n) is 10.6. The Morgan fingerprint density at radius 1 is 1.47 bits per heavy atom. The van der Waals surface area contributed by atoms with Crippen molar-refractivity contribution in [3.8, 4) is 6.07 Å². The van der Waals surface area contributed by atoms with Gasteiger partial charge in [-0.15, -0.1) is 0 Å². The van der Waals surface area contributed by atoms with E-state index < -0.39 is 0 Å². The summed E-state index contributed by atoms with van der Waals surface area (Å²) in [6.45, 7) is 5.67. The lowest BCUT2D eigenvalue weighted by atomic mass is 10.1. The number of nitrogen functional groups attached to an aromatic ring is 1. The number of nitrogens with two attached hydrogens (primary N) is 1. The average molecular weight is 233 g/mol. The van der Waals surface area contributed by atoms with E-state index >= 15 is 0 Å². The summed E-state index contributed by atoms with van der Waals surface area (Å²) >= 11 is 0. The Balaban J connectivity index is 2.98. The maximum atomic E-state index is 8.97. The molecule has 0 aliphatic carbocycles. The molecule has 92 valence electrons. The minimum Gasteiger partial charge on any atom is -0.398 e. The van der Waals surface area contributed by atoms with Gasteiger partial charge in [0, 0.05) is 31.1 Å². The Hall–Kier alpha value is -1.73. The summed E-state index contributed by atoms with van der Waals surface area (Å²) in [4.78, 5) is 2.18. The van der Waals surface area contributed by atoms with E-state index in [-0.39, 0.29) is 0 Å². The molecule has 4 nitrogen and oxygen atoms in total. The summed E-state index contributed by atoms with van der Waals surface area (Å²) in [7, 11) is 1.68. The highest BCUT2D eigenvalue weighted by Crippen LogP contribution is 2.22. The highest BCUT2D eigenvalue weighted by molar-refractivity contribution is 5.63. The van der Waals surface area contributed by atoms with Gasteiger partial charge in [-0.25, -0.2) is 0 Å². The van der Waals surface area contributed by atoms with Gasteiger partial charge in [-0.05, 0) is 32.0 Å². The third-order valence-electron chi connectivity index (χ3n) is 2.65. The van der Waals surface area contributed by atoms with Crippen LogP contribution in [0.25, 0.3) is 0 Å². The maximum absolute atomic E-state index is 8.97. The maximum Gasteiger partial charge on any atom is 0.101 e. The first-order chi connectivity index (χ1) is 8.10. The lowest BCUT2D eigenvalue weighted by molar-refractivity contribution is 0.204. The van der Waals surface area contributed by atoms with Gasteiger partial charge < -0.3 is 15.4 Å². The zero-order valence-corrected chi connectivity index (χ0v) is 10.6. The van der Waals surface area contributed by atoms with E-state index in [0.29, 0.717) is 23.9 Å². The summed E-state index contributed by atoms with van der Waals surface area (Å²) in [5.41, 5.74) is 7.75. The van der Waals surface area contributed by atoms with Crippen LogP contribution < -0.4 is 10.6 Å². The highest BCUT2D eigenvalue weighted by atomic mass is 16.5. The third-order valence-corrected chi connectivity index (χ3v) is 2.65. The van der Waals surface area contributed by atoms with Crippen molar-refractivity contribution < 1.29 is 4.74 Å². The number of methoxy groups -OCH3 is 1. The number of nitrogens with zero attached hydrogens (tertiary/aromatic N) is 2. The summed E-state index contributed by atoms with van der Waals surface area (Å²) in [6, 6.07) is 7.98. The molecule has 0 aliphatic heterocycles. The van der Waals surface area contributed by atoms with Crippen LogP contribution >= 0.6 is 0 Å². The number of hydrogen-bond acceptors (Lipinski definition) is 4. The molecule has 4 heteroatoms. The molecular formula is C13H19N3O. The first-order valence-electron chi connectivity index (χ1n) is 5.65. The molecule has 1 rings (SSSR count). The van der Waals surface area contributed by atoms with Crippen molar-refractivity contribution in [3.63, 3.8) is 0 Å². The largest absolute Gasteiger partial charge is 0.398 e. The first kappa shape index (κ1) is 13.3. The van der Waals surface area contributed by atoms with E-state index in [1.54, 1.807) is 13.2 Å². The second-order valence-electron chi connectivity index (χ2n) is 4.16. The number of rotatable bonds is 5. The lowest BCUT2D eigenvalue weighted by Gasteiger charge is -2.29. The second kappa shape index (κ2) is 6.12. The molecule has 2 N–H and O–H groups in total. The zero-order chi connectivity index (χ0) is 12.8. The van der Waals surface area contributed by atoms with Crippen LogP contribution in [0, 0.1) is 11.3 Å². The molecule has 0 bridgehead atoms. The number of nitriles is 1. The van der Waals surface area contributed by atoms with Crippen molar-refractivity contribution in [2.24, 2.45) is 0 Å². The Kier molecular flexibility index (Phi) is 4.80. The van der Waals surface area contributed by atoms with Crippen LogP contribution in [0.15, 0.2) is 18.2 Å². The topological polar surface area (TPSA) is 62.3 Å². The molecule has 0 unspecified atom stereocenters. The molecule has 0 heterocycles. The van der Waals surface area contributed by atoms with Gasteiger partial charge >= 0.3 is 0 Å². The predicted molar refractivity (Wildman–Crippen MR) is 69.9 cm³/mol. The lowest BCUT2D eigenvalue weighted by Crippen LogP contribution is -2.33. The fourth-order valence-electron chi connectivity index (χ4n) is 1.69. The normalized spacial score (nSPS) is 10.3. The highest BCUT2D eigenvalue weighted by Gasteiger charge is 2.11. The van der Waals surface area contributed by atoms with Gasteiger partial charge in [-0.1, -0.05) is 0 Å². The summed E-state index contributed by atoms with van der Waals surface area (Å²) in [6.07, 6.45) is 0. The Bertz CT molecular complexity index is 410. The Morgan fingerprint density at radius 3 is 2.71 bits per heavy atom. The van der Waals surface area contributed by atoms with Crippen molar-refractivity contribution in [2.75, 3.05) is 30.9 Å². The van der Waals surface area contributed by atoms with Crippen LogP contribution in [0.2, 0.25) is 0 Å². The van der Waals surface area contributed by atoms with Crippen LogP contribution in [0.5, 0.6) is 0 Å². The van der Waals surface area contributed by atoms with Gasteiger partial charge in [-0.3, -0.25) is 0 Å². The van der Waals surface area contributed by atoms with Gasteiger partial charge in [0.05, 0.1) is 12.2 Å².